The van der Waals surface area contributed by atoms with E-state index in [4.69, 9.17) is 9.84 Å². The molecule has 3 heteroatoms. The molecule has 0 radical (unpaired) electrons. The normalized spacial score (nSPS) is 15.0. The van der Waals surface area contributed by atoms with Crippen LogP contribution in [-0.4, -0.2) is 53.5 Å². The van der Waals surface area contributed by atoms with E-state index >= 15 is 0 Å². The van der Waals surface area contributed by atoms with Crippen molar-refractivity contribution in [2.24, 2.45) is 0 Å². The van der Waals surface area contributed by atoms with Crippen molar-refractivity contribution in [3.05, 3.63) is 0 Å². The summed E-state index contributed by atoms with van der Waals surface area (Å²) in [6, 6.07) is 0. The SMILES string of the molecule is CCCCC(C)OC(C)CO.[NaH]. The average Bonchev–Trinajstić information content (AvgIpc) is 2.00. The second kappa shape index (κ2) is 10.0. The average molecular weight is 184 g/mol. The van der Waals surface area contributed by atoms with Gasteiger partial charge in [-0.2, -0.15) is 0 Å². The first-order valence-corrected chi connectivity index (χ1v) is 4.47. The molecule has 0 aromatic rings. The number of unbranched alkanes of at least 4 members (excludes halogenated alkanes) is 1. The molecule has 0 aliphatic rings. The van der Waals surface area contributed by atoms with Crippen molar-refractivity contribution < 1.29 is 9.84 Å². The van der Waals surface area contributed by atoms with Crippen LogP contribution in [0.2, 0.25) is 0 Å². The maximum atomic E-state index is 8.68. The van der Waals surface area contributed by atoms with Crippen molar-refractivity contribution in [3.63, 3.8) is 0 Å². The van der Waals surface area contributed by atoms with Gasteiger partial charge in [0.2, 0.25) is 0 Å². The number of aliphatic hydroxyl groups excluding tert-OH is 1. The summed E-state index contributed by atoms with van der Waals surface area (Å²) in [7, 11) is 0. The van der Waals surface area contributed by atoms with Gasteiger partial charge >= 0.3 is 29.6 Å². The fraction of sp³-hybridized carbons (Fsp3) is 1.00. The number of hydrogen-bond acceptors (Lipinski definition) is 2. The summed E-state index contributed by atoms with van der Waals surface area (Å²) in [4.78, 5) is 0. The Morgan fingerprint density at radius 2 is 1.83 bits per heavy atom. The molecule has 0 aromatic carbocycles. The zero-order valence-electron chi connectivity index (χ0n) is 7.84. The first kappa shape index (κ1) is 15.4. The zero-order chi connectivity index (χ0) is 8.69. The molecule has 2 nitrogen and oxygen atoms in total. The van der Waals surface area contributed by atoms with Crippen molar-refractivity contribution in [1.82, 2.24) is 0 Å². The minimum absolute atomic E-state index is 0. The maximum absolute atomic E-state index is 8.68. The molecule has 0 saturated heterocycles. The molecule has 0 bridgehead atoms. The summed E-state index contributed by atoms with van der Waals surface area (Å²) in [5.74, 6) is 0. The van der Waals surface area contributed by atoms with Gasteiger partial charge in [0.05, 0.1) is 18.8 Å². The quantitative estimate of drug-likeness (QED) is 0.631. The van der Waals surface area contributed by atoms with Crippen molar-refractivity contribution in [1.29, 1.82) is 0 Å². The third kappa shape index (κ3) is 9.01. The van der Waals surface area contributed by atoms with Gasteiger partial charge in [-0.25, -0.2) is 0 Å². The molecule has 0 fully saturated rings. The van der Waals surface area contributed by atoms with Crippen LogP contribution in [0.25, 0.3) is 0 Å². The first-order chi connectivity index (χ1) is 5.20. The summed E-state index contributed by atoms with van der Waals surface area (Å²) < 4.78 is 5.45. The van der Waals surface area contributed by atoms with Gasteiger partial charge in [-0.05, 0) is 20.3 Å². The van der Waals surface area contributed by atoms with E-state index in [0.717, 1.165) is 6.42 Å². The van der Waals surface area contributed by atoms with Gasteiger partial charge in [0, 0.05) is 0 Å². The van der Waals surface area contributed by atoms with E-state index in [-0.39, 0.29) is 48.4 Å². The predicted octanol–water partition coefficient (Wildman–Crippen LogP) is 1.31. The predicted molar refractivity (Wildman–Crippen MR) is 53.8 cm³/mol. The van der Waals surface area contributed by atoms with E-state index in [9.17, 15) is 0 Å². The monoisotopic (exact) mass is 184 g/mol. The minimum atomic E-state index is -0.0122. The zero-order valence-corrected chi connectivity index (χ0v) is 7.84. The van der Waals surface area contributed by atoms with Crippen LogP contribution in [0, 0.1) is 0 Å². The number of ether oxygens (including phenoxy) is 1. The van der Waals surface area contributed by atoms with Crippen LogP contribution in [0.1, 0.15) is 40.0 Å². The number of rotatable bonds is 6. The fourth-order valence-corrected chi connectivity index (χ4v) is 0.999. The Labute approximate surface area is 98.0 Å². The van der Waals surface area contributed by atoms with E-state index in [1.54, 1.807) is 0 Å². The van der Waals surface area contributed by atoms with Gasteiger partial charge in [-0.3, -0.25) is 0 Å². The van der Waals surface area contributed by atoms with Crippen LogP contribution >= 0.6 is 0 Å². The van der Waals surface area contributed by atoms with Crippen LogP contribution in [0.15, 0.2) is 0 Å². The molecular weight excluding hydrogens is 163 g/mol. The van der Waals surface area contributed by atoms with Crippen LogP contribution in [0.4, 0.5) is 0 Å². The van der Waals surface area contributed by atoms with Crippen LogP contribution in [-0.2, 0) is 4.74 Å². The summed E-state index contributed by atoms with van der Waals surface area (Å²) in [6.45, 7) is 6.24. The van der Waals surface area contributed by atoms with E-state index in [0.29, 0.717) is 0 Å². The fourth-order valence-electron chi connectivity index (χ4n) is 0.999. The summed E-state index contributed by atoms with van der Waals surface area (Å²) in [6.07, 6.45) is 3.79. The molecule has 1 N–H and O–H groups in total. The summed E-state index contributed by atoms with van der Waals surface area (Å²) >= 11 is 0. The number of aliphatic hydroxyl groups is 1. The Bertz CT molecular complexity index is 88.6. The second-order valence-corrected chi connectivity index (χ2v) is 3.08. The molecule has 2 unspecified atom stereocenters. The Morgan fingerprint density at radius 1 is 1.25 bits per heavy atom. The molecule has 0 aromatic heterocycles. The molecule has 0 heterocycles. The molecule has 0 aliphatic heterocycles. The van der Waals surface area contributed by atoms with E-state index in [1.165, 1.54) is 12.8 Å². The van der Waals surface area contributed by atoms with Crippen LogP contribution < -0.4 is 0 Å². The molecule has 0 rings (SSSR count). The molecule has 70 valence electrons. The van der Waals surface area contributed by atoms with E-state index in [1.807, 2.05) is 6.92 Å². The van der Waals surface area contributed by atoms with Gasteiger partial charge in [0.1, 0.15) is 0 Å². The standard InChI is InChI=1S/C9H20O2.Na.H/c1-4-5-6-8(2)11-9(3)7-10;;/h8-10H,4-7H2,1-3H3;;. The van der Waals surface area contributed by atoms with Gasteiger partial charge in [-0.1, -0.05) is 19.8 Å². The van der Waals surface area contributed by atoms with E-state index < -0.39 is 0 Å². The van der Waals surface area contributed by atoms with Crippen molar-refractivity contribution in [2.45, 2.75) is 52.2 Å². The van der Waals surface area contributed by atoms with Crippen molar-refractivity contribution >= 4 is 29.6 Å². The van der Waals surface area contributed by atoms with Crippen LogP contribution in [0.5, 0.6) is 0 Å². The van der Waals surface area contributed by atoms with Gasteiger partial charge in [0.25, 0.3) is 0 Å². The van der Waals surface area contributed by atoms with Gasteiger partial charge in [-0.15, -0.1) is 0 Å². The van der Waals surface area contributed by atoms with E-state index in [2.05, 4.69) is 13.8 Å². The Morgan fingerprint density at radius 3 is 2.25 bits per heavy atom. The van der Waals surface area contributed by atoms with Crippen LogP contribution in [0.3, 0.4) is 0 Å². The first-order valence-electron chi connectivity index (χ1n) is 4.47. The molecule has 0 spiro atoms. The summed E-state index contributed by atoms with van der Waals surface area (Å²) in [5, 5.41) is 8.68. The van der Waals surface area contributed by atoms with Gasteiger partial charge < -0.3 is 9.84 Å². The summed E-state index contributed by atoms with van der Waals surface area (Å²) in [5.41, 5.74) is 0. The molecular formula is C9H21NaO2. The molecule has 0 amide bonds. The Hall–Kier alpha value is 0.920. The third-order valence-electron chi connectivity index (χ3n) is 1.69. The molecule has 2 atom stereocenters. The Balaban J connectivity index is 0. The third-order valence-corrected chi connectivity index (χ3v) is 1.69. The van der Waals surface area contributed by atoms with Crippen molar-refractivity contribution in [3.8, 4) is 0 Å². The molecule has 12 heavy (non-hydrogen) atoms. The Kier molecular flexibility index (Phi) is 12.8. The topological polar surface area (TPSA) is 29.5 Å². The second-order valence-electron chi connectivity index (χ2n) is 3.08. The van der Waals surface area contributed by atoms with Gasteiger partial charge in [0.15, 0.2) is 0 Å². The van der Waals surface area contributed by atoms with Crippen molar-refractivity contribution in [2.75, 3.05) is 6.61 Å². The number of hydrogen-bond donors (Lipinski definition) is 1. The molecule has 0 saturated carbocycles. The molecule has 0 aliphatic carbocycles.